The van der Waals surface area contributed by atoms with Gasteiger partial charge in [0.2, 0.25) is 5.91 Å². The smallest absolute Gasteiger partial charge is 0.335 e. The van der Waals surface area contributed by atoms with Gasteiger partial charge in [0, 0.05) is 25.5 Å². The van der Waals surface area contributed by atoms with E-state index in [0.29, 0.717) is 5.56 Å². The molecule has 0 N–H and O–H groups in total. The Labute approximate surface area is 136 Å². The maximum Gasteiger partial charge on any atom is 0.406 e. The molecule has 0 atom stereocenters. The zero-order chi connectivity index (χ0) is 17.7. The number of hydrogen-bond donors (Lipinski definition) is 0. The van der Waals surface area contributed by atoms with E-state index in [4.69, 9.17) is 0 Å². The highest BCUT2D eigenvalue weighted by Gasteiger charge is 2.29. The van der Waals surface area contributed by atoms with E-state index in [-0.39, 0.29) is 18.2 Å². The van der Waals surface area contributed by atoms with Crippen LogP contribution in [0, 0.1) is 5.82 Å². The Kier molecular flexibility index (Phi) is 5.38. The summed E-state index contributed by atoms with van der Waals surface area (Å²) in [5, 5.41) is 0. The quantitative estimate of drug-likeness (QED) is 0.618. The molecular formula is C16H15F4N3O. The van der Waals surface area contributed by atoms with Crippen molar-refractivity contribution in [2.45, 2.75) is 19.3 Å². The number of carbonyl (C=O) groups is 1. The monoisotopic (exact) mass is 341 g/mol. The van der Waals surface area contributed by atoms with Gasteiger partial charge in [0.1, 0.15) is 18.2 Å². The molecule has 0 saturated carbocycles. The number of nitrogens with zero attached hydrogens (tertiary/aromatic N) is 3. The molecule has 24 heavy (non-hydrogen) atoms. The Morgan fingerprint density at radius 2 is 1.96 bits per heavy atom. The normalized spacial score (nSPS) is 11.9. The Morgan fingerprint density at radius 3 is 2.58 bits per heavy atom. The van der Waals surface area contributed by atoms with E-state index >= 15 is 0 Å². The highest BCUT2D eigenvalue weighted by molar-refractivity contribution is 5.91. The highest BCUT2D eigenvalue weighted by Crippen LogP contribution is 2.18. The van der Waals surface area contributed by atoms with Crippen LogP contribution in [-0.2, 0) is 17.9 Å². The second-order valence-electron chi connectivity index (χ2n) is 5.17. The molecule has 2 aromatic rings. The van der Waals surface area contributed by atoms with Crippen molar-refractivity contribution in [2.75, 3.05) is 7.05 Å². The van der Waals surface area contributed by atoms with Gasteiger partial charge in [0.15, 0.2) is 0 Å². The predicted molar refractivity (Wildman–Crippen MR) is 80.2 cm³/mol. The molecule has 0 bridgehead atoms. The molecule has 4 nitrogen and oxygen atoms in total. The summed E-state index contributed by atoms with van der Waals surface area (Å²) in [5.74, 6) is -0.647. The summed E-state index contributed by atoms with van der Waals surface area (Å²) in [5.41, 5.74) is 0.636. The van der Waals surface area contributed by atoms with Gasteiger partial charge in [0.25, 0.3) is 0 Å². The predicted octanol–water partition coefficient (Wildman–Crippen LogP) is 3.26. The van der Waals surface area contributed by atoms with Gasteiger partial charge in [-0.1, -0.05) is 12.1 Å². The third kappa shape index (κ3) is 5.22. The summed E-state index contributed by atoms with van der Waals surface area (Å²) in [6.45, 7) is -1.22. The number of amides is 1. The Hall–Kier alpha value is -2.64. The van der Waals surface area contributed by atoms with Crippen LogP contribution in [0.25, 0.3) is 6.08 Å². The van der Waals surface area contributed by atoms with Crippen LogP contribution in [-0.4, -0.2) is 33.6 Å². The number of likely N-dealkylation sites (N-methyl/N-ethyl adjacent to an activating group) is 1. The molecule has 0 spiro atoms. The third-order valence-electron chi connectivity index (χ3n) is 3.19. The maximum atomic E-state index is 12.8. The van der Waals surface area contributed by atoms with E-state index in [1.807, 2.05) is 0 Å². The maximum absolute atomic E-state index is 12.8. The molecule has 8 heteroatoms. The van der Waals surface area contributed by atoms with Gasteiger partial charge in [-0.15, -0.1) is 0 Å². The van der Waals surface area contributed by atoms with Gasteiger partial charge in [0.05, 0.1) is 6.54 Å². The first kappa shape index (κ1) is 17.7. The minimum absolute atomic E-state index is 0.0599. The number of carbonyl (C=O) groups excluding carboxylic acids is 1. The average Bonchev–Trinajstić information content (AvgIpc) is 2.91. The molecule has 0 aliphatic carbocycles. The van der Waals surface area contributed by atoms with Crippen molar-refractivity contribution in [3.05, 3.63) is 59.9 Å². The first-order chi connectivity index (χ1) is 11.2. The first-order valence-electron chi connectivity index (χ1n) is 7.00. The van der Waals surface area contributed by atoms with Crippen molar-refractivity contribution in [1.82, 2.24) is 14.5 Å². The molecule has 0 aliphatic rings. The molecule has 0 saturated heterocycles. The molecule has 1 aromatic heterocycles. The van der Waals surface area contributed by atoms with E-state index in [1.54, 1.807) is 0 Å². The van der Waals surface area contributed by atoms with Crippen molar-refractivity contribution in [3.8, 4) is 0 Å². The molecule has 0 fully saturated rings. The summed E-state index contributed by atoms with van der Waals surface area (Å²) in [6, 6.07) is 5.55. The lowest BCUT2D eigenvalue weighted by Gasteiger charge is -2.16. The fraction of sp³-hybridized carbons (Fsp3) is 0.250. The minimum atomic E-state index is -4.36. The molecule has 1 aromatic carbocycles. The van der Waals surface area contributed by atoms with Crippen LogP contribution in [0.5, 0.6) is 0 Å². The molecule has 0 aliphatic heterocycles. The van der Waals surface area contributed by atoms with Crippen LogP contribution >= 0.6 is 0 Å². The van der Waals surface area contributed by atoms with E-state index in [1.165, 1.54) is 60.8 Å². The zero-order valence-electron chi connectivity index (χ0n) is 12.8. The number of imidazole rings is 1. The van der Waals surface area contributed by atoms with E-state index in [2.05, 4.69) is 4.98 Å². The van der Waals surface area contributed by atoms with Crippen molar-refractivity contribution >= 4 is 12.0 Å². The summed E-state index contributed by atoms with van der Waals surface area (Å²) in [4.78, 5) is 17.1. The van der Waals surface area contributed by atoms with Crippen molar-refractivity contribution in [3.63, 3.8) is 0 Å². The van der Waals surface area contributed by atoms with Gasteiger partial charge in [-0.05, 0) is 23.8 Å². The average molecular weight is 341 g/mol. The zero-order valence-corrected chi connectivity index (χ0v) is 12.8. The van der Waals surface area contributed by atoms with Crippen molar-refractivity contribution in [2.24, 2.45) is 0 Å². The number of alkyl halides is 3. The molecule has 128 valence electrons. The number of rotatable bonds is 5. The van der Waals surface area contributed by atoms with Gasteiger partial charge in [-0.2, -0.15) is 13.2 Å². The number of aromatic nitrogens is 2. The Balaban J connectivity index is 1.99. The van der Waals surface area contributed by atoms with Crippen LogP contribution in [0.3, 0.4) is 0 Å². The standard InChI is InChI=1S/C16H15F4N3O/c1-22(10-14-21-8-9-23(14)11-16(18,19)20)15(24)7-4-12-2-5-13(17)6-3-12/h2-9H,10-11H2,1H3/b7-4-. The highest BCUT2D eigenvalue weighted by atomic mass is 19.4. The second kappa shape index (κ2) is 7.29. The van der Waals surface area contributed by atoms with E-state index < -0.39 is 18.6 Å². The topological polar surface area (TPSA) is 38.1 Å². The summed E-state index contributed by atoms with van der Waals surface area (Å²) < 4.78 is 51.1. The van der Waals surface area contributed by atoms with E-state index in [9.17, 15) is 22.4 Å². The van der Waals surface area contributed by atoms with Crippen LogP contribution in [0.4, 0.5) is 17.6 Å². The Morgan fingerprint density at radius 1 is 1.29 bits per heavy atom. The number of halogens is 4. The van der Waals surface area contributed by atoms with Gasteiger partial charge in [-0.25, -0.2) is 9.37 Å². The van der Waals surface area contributed by atoms with Crippen molar-refractivity contribution in [1.29, 1.82) is 0 Å². The lowest BCUT2D eigenvalue weighted by molar-refractivity contribution is -0.141. The SMILES string of the molecule is CN(Cc1nccn1CC(F)(F)F)C(=O)/C=C\c1ccc(F)cc1. The van der Waals surface area contributed by atoms with Crippen molar-refractivity contribution < 1.29 is 22.4 Å². The summed E-state index contributed by atoms with van der Waals surface area (Å²) >= 11 is 0. The number of hydrogen-bond acceptors (Lipinski definition) is 2. The summed E-state index contributed by atoms with van der Waals surface area (Å²) in [7, 11) is 1.46. The fourth-order valence-electron chi connectivity index (χ4n) is 1.99. The van der Waals surface area contributed by atoms with Crippen LogP contribution in [0.15, 0.2) is 42.7 Å². The fourth-order valence-corrected chi connectivity index (χ4v) is 1.99. The second-order valence-corrected chi connectivity index (χ2v) is 5.17. The van der Waals surface area contributed by atoms with Crippen LogP contribution in [0.1, 0.15) is 11.4 Å². The third-order valence-corrected chi connectivity index (χ3v) is 3.19. The molecule has 0 radical (unpaired) electrons. The largest absolute Gasteiger partial charge is 0.406 e. The van der Waals surface area contributed by atoms with Gasteiger partial charge >= 0.3 is 6.18 Å². The molecule has 1 heterocycles. The number of benzene rings is 1. The van der Waals surface area contributed by atoms with E-state index in [0.717, 1.165) is 4.57 Å². The lowest BCUT2D eigenvalue weighted by Crippen LogP contribution is -2.27. The van der Waals surface area contributed by atoms with Crippen LogP contribution in [0.2, 0.25) is 0 Å². The minimum Gasteiger partial charge on any atom is -0.335 e. The molecule has 2 rings (SSSR count). The van der Waals surface area contributed by atoms with Gasteiger partial charge in [-0.3, -0.25) is 4.79 Å². The van der Waals surface area contributed by atoms with Gasteiger partial charge < -0.3 is 9.47 Å². The summed E-state index contributed by atoms with van der Waals surface area (Å²) in [6.07, 6.45) is 0.883. The molecular weight excluding hydrogens is 326 g/mol. The molecule has 1 amide bonds. The first-order valence-corrected chi connectivity index (χ1v) is 7.00. The lowest BCUT2D eigenvalue weighted by atomic mass is 10.2. The van der Waals surface area contributed by atoms with Crippen LogP contribution < -0.4 is 0 Å². The molecule has 0 unspecified atom stereocenters. The Bertz CT molecular complexity index is 720.